The largest absolute Gasteiger partial charge is 0.371 e. The lowest BCUT2D eigenvalue weighted by Crippen LogP contribution is -2.37. The third-order valence-electron chi connectivity index (χ3n) is 5.17. The van der Waals surface area contributed by atoms with Crippen molar-refractivity contribution in [1.82, 2.24) is 4.90 Å². The van der Waals surface area contributed by atoms with E-state index in [1.165, 1.54) is 6.07 Å². The molecule has 0 spiro atoms. The van der Waals surface area contributed by atoms with Crippen LogP contribution in [0.4, 0.5) is 11.4 Å². The van der Waals surface area contributed by atoms with Crippen molar-refractivity contribution in [3.63, 3.8) is 0 Å². The number of nitrogens with zero attached hydrogens (tertiary/aromatic N) is 3. The number of carbonyl (C=O) groups excluding carboxylic acids is 2. The average molecular weight is 360 g/mol. The summed E-state index contributed by atoms with van der Waals surface area (Å²) in [4.78, 5) is 38.6. The van der Waals surface area contributed by atoms with Crippen LogP contribution in [-0.4, -0.2) is 47.8 Å². The van der Waals surface area contributed by atoms with Gasteiger partial charge >= 0.3 is 0 Å². The Hall–Kier alpha value is -2.64. The molecule has 3 rings (SSSR count). The molecule has 0 aliphatic carbocycles. The molecule has 2 amide bonds. The summed E-state index contributed by atoms with van der Waals surface area (Å²) in [5.41, 5.74) is 6.08. The maximum atomic E-state index is 12.8. The summed E-state index contributed by atoms with van der Waals surface area (Å²) in [6.07, 6.45) is 4.06. The SMILES string of the molecule is NC(=O)CC1CCCN(c2ccc([N+](=O)[O-])c(C(=O)N3CCCC3)c2)C1. The highest BCUT2D eigenvalue weighted by molar-refractivity contribution is 5.99. The predicted octanol–water partition coefficient (Wildman–Crippen LogP) is 1.92. The Balaban J connectivity index is 1.86. The van der Waals surface area contributed by atoms with Gasteiger partial charge in [-0.1, -0.05) is 0 Å². The van der Waals surface area contributed by atoms with E-state index in [0.717, 1.165) is 37.9 Å². The van der Waals surface area contributed by atoms with E-state index in [1.807, 2.05) is 0 Å². The fourth-order valence-electron chi connectivity index (χ4n) is 3.89. The number of primary amides is 1. The van der Waals surface area contributed by atoms with Crippen LogP contribution in [0.15, 0.2) is 18.2 Å². The maximum Gasteiger partial charge on any atom is 0.282 e. The van der Waals surface area contributed by atoms with Crippen molar-refractivity contribution < 1.29 is 14.5 Å². The molecule has 140 valence electrons. The number of amides is 2. The Kier molecular flexibility index (Phi) is 5.39. The molecule has 0 radical (unpaired) electrons. The smallest absolute Gasteiger partial charge is 0.282 e. The predicted molar refractivity (Wildman–Crippen MR) is 97.0 cm³/mol. The van der Waals surface area contributed by atoms with Gasteiger partial charge in [0.05, 0.1) is 4.92 Å². The summed E-state index contributed by atoms with van der Waals surface area (Å²) < 4.78 is 0. The molecule has 1 aromatic carbocycles. The van der Waals surface area contributed by atoms with Gasteiger partial charge in [0.2, 0.25) is 5.91 Å². The molecule has 0 saturated carbocycles. The third kappa shape index (κ3) is 3.95. The molecular formula is C18H24N4O4. The van der Waals surface area contributed by atoms with Crippen LogP contribution in [0.5, 0.6) is 0 Å². The number of benzene rings is 1. The molecule has 2 N–H and O–H groups in total. The number of piperidine rings is 1. The molecule has 2 aliphatic heterocycles. The van der Waals surface area contributed by atoms with Gasteiger partial charge in [-0.05, 0) is 43.7 Å². The molecule has 0 aromatic heterocycles. The van der Waals surface area contributed by atoms with Gasteiger partial charge in [-0.15, -0.1) is 0 Å². The van der Waals surface area contributed by atoms with Gasteiger partial charge in [-0.2, -0.15) is 0 Å². The fourth-order valence-corrected chi connectivity index (χ4v) is 3.89. The molecule has 26 heavy (non-hydrogen) atoms. The lowest BCUT2D eigenvalue weighted by Gasteiger charge is -2.34. The molecule has 0 bridgehead atoms. The standard InChI is InChI=1S/C18H24N4O4/c19-17(23)10-13-4-3-9-21(12-13)14-5-6-16(22(25)26)15(11-14)18(24)20-7-1-2-8-20/h5-6,11,13H,1-4,7-10,12H2,(H2,19,23). The number of nitro groups is 1. The van der Waals surface area contributed by atoms with Gasteiger partial charge < -0.3 is 15.5 Å². The summed E-state index contributed by atoms with van der Waals surface area (Å²) in [5.74, 6) is -0.415. The average Bonchev–Trinajstić information content (AvgIpc) is 3.15. The van der Waals surface area contributed by atoms with E-state index < -0.39 is 4.92 Å². The zero-order valence-corrected chi connectivity index (χ0v) is 14.7. The molecule has 1 atom stereocenters. The Morgan fingerprint density at radius 1 is 1.19 bits per heavy atom. The van der Waals surface area contributed by atoms with E-state index in [-0.39, 0.29) is 29.0 Å². The maximum absolute atomic E-state index is 12.8. The first-order valence-electron chi connectivity index (χ1n) is 9.06. The van der Waals surface area contributed by atoms with Crippen LogP contribution in [0, 0.1) is 16.0 Å². The number of likely N-dealkylation sites (tertiary alicyclic amines) is 1. The lowest BCUT2D eigenvalue weighted by molar-refractivity contribution is -0.385. The van der Waals surface area contributed by atoms with Crippen LogP contribution >= 0.6 is 0 Å². The summed E-state index contributed by atoms with van der Waals surface area (Å²) in [7, 11) is 0. The first-order chi connectivity index (χ1) is 12.5. The monoisotopic (exact) mass is 360 g/mol. The van der Waals surface area contributed by atoms with Gasteiger partial charge in [-0.25, -0.2) is 0 Å². The van der Waals surface area contributed by atoms with Crippen molar-refractivity contribution in [3.05, 3.63) is 33.9 Å². The summed E-state index contributed by atoms with van der Waals surface area (Å²) in [6.45, 7) is 2.75. The Bertz CT molecular complexity index is 715. The number of nitro benzene ring substituents is 1. The quantitative estimate of drug-likeness (QED) is 0.637. The van der Waals surface area contributed by atoms with E-state index in [2.05, 4.69) is 4.90 Å². The highest BCUT2D eigenvalue weighted by Gasteiger charge is 2.29. The lowest BCUT2D eigenvalue weighted by atomic mass is 9.94. The second-order valence-electron chi connectivity index (χ2n) is 7.08. The molecular weight excluding hydrogens is 336 g/mol. The van der Waals surface area contributed by atoms with Crippen molar-refractivity contribution in [3.8, 4) is 0 Å². The van der Waals surface area contributed by atoms with Crippen LogP contribution in [0.3, 0.4) is 0 Å². The normalized spacial score (nSPS) is 20.2. The van der Waals surface area contributed by atoms with E-state index >= 15 is 0 Å². The van der Waals surface area contributed by atoms with Crippen LogP contribution in [0.1, 0.15) is 42.5 Å². The van der Waals surface area contributed by atoms with Crippen LogP contribution in [-0.2, 0) is 4.79 Å². The second-order valence-corrected chi connectivity index (χ2v) is 7.08. The van der Waals surface area contributed by atoms with Crippen molar-refractivity contribution in [2.75, 3.05) is 31.1 Å². The zero-order valence-electron chi connectivity index (χ0n) is 14.7. The van der Waals surface area contributed by atoms with Crippen LogP contribution in [0.25, 0.3) is 0 Å². The summed E-state index contributed by atoms with van der Waals surface area (Å²) >= 11 is 0. The highest BCUT2D eigenvalue weighted by Crippen LogP contribution is 2.30. The minimum atomic E-state index is -0.501. The number of hydrogen-bond donors (Lipinski definition) is 1. The Morgan fingerprint density at radius 2 is 1.92 bits per heavy atom. The van der Waals surface area contributed by atoms with E-state index in [9.17, 15) is 19.7 Å². The molecule has 2 heterocycles. The van der Waals surface area contributed by atoms with Gasteiger partial charge in [0.15, 0.2) is 0 Å². The minimum absolute atomic E-state index is 0.145. The number of nitrogens with two attached hydrogens (primary N) is 1. The molecule has 1 unspecified atom stereocenters. The molecule has 1 aromatic rings. The number of carbonyl (C=O) groups is 2. The highest BCUT2D eigenvalue weighted by atomic mass is 16.6. The molecule has 2 aliphatic rings. The van der Waals surface area contributed by atoms with Crippen LogP contribution < -0.4 is 10.6 Å². The molecule has 8 heteroatoms. The molecule has 2 fully saturated rings. The minimum Gasteiger partial charge on any atom is -0.371 e. The number of rotatable bonds is 5. The van der Waals surface area contributed by atoms with Crippen molar-refractivity contribution >= 4 is 23.2 Å². The van der Waals surface area contributed by atoms with E-state index in [0.29, 0.717) is 26.1 Å². The number of hydrogen-bond acceptors (Lipinski definition) is 5. The Morgan fingerprint density at radius 3 is 2.58 bits per heavy atom. The molecule has 2 saturated heterocycles. The van der Waals surface area contributed by atoms with Gasteiger partial charge in [0.25, 0.3) is 11.6 Å². The van der Waals surface area contributed by atoms with Crippen molar-refractivity contribution in [2.24, 2.45) is 11.7 Å². The van der Waals surface area contributed by atoms with Crippen LogP contribution in [0.2, 0.25) is 0 Å². The topological polar surface area (TPSA) is 110 Å². The van der Waals surface area contributed by atoms with Gasteiger partial charge in [0.1, 0.15) is 5.56 Å². The zero-order chi connectivity index (χ0) is 18.7. The Labute approximate surface area is 152 Å². The van der Waals surface area contributed by atoms with Crippen molar-refractivity contribution in [1.29, 1.82) is 0 Å². The second kappa shape index (κ2) is 7.72. The van der Waals surface area contributed by atoms with Gasteiger partial charge in [0, 0.05) is 44.4 Å². The summed E-state index contributed by atoms with van der Waals surface area (Å²) in [6, 6.07) is 4.73. The third-order valence-corrected chi connectivity index (χ3v) is 5.17. The molecule has 8 nitrogen and oxygen atoms in total. The first-order valence-corrected chi connectivity index (χ1v) is 9.06. The van der Waals surface area contributed by atoms with E-state index in [4.69, 9.17) is 5.73 Å². The van der Waals surface area contributed by atoms with Crippen molar-refractivity contribution in [2.45, 2.75) is 32.1 Å². The van der Waals surface area contributed by atoms with E-state index in [1.54, 1.807) is 17.0 Å². The van der Waals surface area contributed by atoms with Gasteiger partial charge in [-0.3, -0.25) is 19.7 Å². The summed E-state index contributed by atoms with van der Waals surface area (Å²) in [5, 5.41) is 11.4. The number of anilines is 1. The fraction of sp³-hybridized carbons (Fsp3) is 0.556. The first kappa shape index (κ1) is 18.2.